The third-order valence-corrected chi connectivity index (χ3v) is 3.34. The van der Waals surface area contributed by atoms with Crippen LogP contribution in [0.3, 0.4) is 0 Å². The first-order valence-corrected chi connectivity index (χ1v) is 6.66. The van der Waals surface area contributed by atoms with E-state index in [1.54, 1.807) is 12.3 Å². The zero-order valence-corrected chi connectivity index (χ0v) is 11.6. The summed E-state index contributed by atoms with van der Waals surface area (Å²) in [6, 6.07) is 10.1. The van der Waals surface area contributed by atoms with Gasteiger partial charge in [0.2, 0.25) is 0 Å². The van der Waals surface area contributed by atoms with Gasteiger partial charge in [0.1, 0.15) is 6.17 Å². The third kappa shape index (κ3) is 2.65. The Hall–Kier alpha value is -2.84. The molecule has 1 unspecified atom stereocenters. The molecule has 0 bridgehead atoms. The van der Waals surface area contributed by atoms with Crippen molar-refractivity contribution >= 4 is 17.1 Å². The number of pyridine rings is 1. The summed E-state index contributed by atoms with van der Waals surface area (Å²) in [4.78, 5) is 19.4. The number of nitro benzene ring substituents is 1. The van der Waals surface area contributed by atoms with Crippen LogP contribution < -0.4 is 16.6 Å². The smallest absolute Gasteiger partial charge is 0.271 e. The number of aromatic nitrogens is 1. The van der Waals surface area contributed by atoms with E-state index in [0.717, 1.165) is 5.56 Å². The number of rotatable bonds is 3. The van der Waals surface area contributed by atoms with Crippen molar-refractivity contribution in [3.8, 4) is 0 Å². The van der Waals surface area contributed by atoms with Gasteiger partial charge in [-0.15, -0.1) is 0 Å². The molecule has 0 spiro atoms. The first kappa shape index (κ1) is 14.1. The van der Waals surface area contributed by atoms with Crippen LogP contribution in [0.4, 0.5) is 11.4 Å². The first-order valence-electron chi connectivity index (χ1n) is 6.66. The highest BCUT2D eigenvalue weighted by Crippen LogP contribution is 2.27. The Labute approximate surface area is 126 Å². The molecule has 0 saturated heterocycles. The number of nitro groups is 1. The number of hydrogen-bond acceptors (Lipinski definition) is 7. The summed E-state index contributed by atoms with van der Waals surface area (Å²) in [5.41, 5.74) is 5.33. The minimum atomic E-state index is -0.435. The zero-order valence-electron chi connectivity index (χ0n) is 11.6. The molecule has 0 amide bonds. The Morgan fingerprint density at radius 3 is 2.91 bits per heavy atom. The molecule has 0 saturated carbocycles. The highest BCUT2D eigenvalue weighted by Gasteiger charge is 2.21. The second-order valence-corrected chi connectivity index (χ2v) is 4.75. The molecule has 1 aromatic carbocycles. The maximum absolute atomic E-state index is 11.0. The Kier molecular flexibility index (Phi) is 3.77. The lowest BCUT2D eigenvalue weighted by atomic mass is 10.0. The van der Waals surface area contributed by atoms with E-state index < -0.39 is 4.92 Å². The highest BCUT2D eigenvalue weighted by atomic mass is 16.6. The largest absolute Gasteiger partial charge is 0.366 e. The van der Waals surface area contributed by atoms with Gasteiger partial charge in [0.25, 0.3) is 5.69 Å². The van der Waals surface area contributed by atoms with Crippen molar-refractivity contribution in [1.82, 2.24) is 10.4 Å². The van der Waals surface area contributed by atoms with Gasteiger partial charge in [-0.2, -0.15) is 0 Å². The number of fused-ring (bicyclic) bond motifs is 1. The van der Waals surface area contributed by atoms with E-state index in [-0.39, 0.29) is 11.9 Å². The second-order valence-electron chi connectivity index (χ2n) is 4.75. The molecule has 8 heteroatoms. The van der Waals surface area contributed by atoms with E-state index in [1.807, 2.05) is 18.2 Å². The Bertz CT molecular complexity index is 731. The first-order chi connectivity index (χ1) is 10.7. The van der Waals surface area contributed by atoms with Crippen molar-refractivity contribution < 1.29 is 4.92 Å². The van der Waals surface area contributed by atoms with E-state index in [2.05, 4.69) is 20.7 Å². The monoisotopic (exact) mass is 298 g/mol. The maximum Gasteiger partial charge on any atom is 0.271 e. The predicted octanol–water partition coefficient (Wildman–Crippen LogP) is 1.04. The van der Waals surface area contributed by atoms with Crippen LogP contribution in [0.5, 0.6) is 0 Å². The summed E-state index contributed by atoms with van der Waals surface area (Å²) in [7, 11) is 0. The topological polar surface area (TPSA) is 118 Å². The molecule has 22 heavy (non-hydrogen) atoms. The third-order valence-electron chi connectivity index (χ3n) is 3.34. The molecule has 3 rings (SSSR count). The van der Waals surface area contributed by atoms with Gasteiger partial charge in [0.05, 0.1) is 28.6 Å². The predicted molar refractivity (Wildman–Crippen MR) is 82.6 cm³/mol. The fourth-order valence-corrected chi connectivity index (χ4v) is 2.29. The van der Waals surface area contributed by atoms with Crippen molar-refractivity contribution in [3.05, 3.63) is 64.0 Å². The number of nitrogens with one attached hydrogen (secondary N) is 2. The molecule has 0 aliphatic carbocycles. The van der Waals surface area contributed by atoms with Crippen molar-refractivity contribution in [2.24, 2.45) is 10.8 Å². The Morgan fingerprint density at radius 2 is 2.23 bits per heavy atom. The quantitative estimate of drug-likeness (QED) is 0.442. The van der Waals surface area contributed by atoms with Gasteiger partial charge in [0.15, 0.2) is 0 Å². The van der Waals surface area contributed by atoms with Crippen LogP contribution >= 0.6 is 0 Å². The van der Waals surface area contributed by atoms with Gasteiger partial charge in [0, 0.05) is 23.9 Å². The summed E-state index contributed by atoms with van der Waals surface area (Å²) in [5.74, 6) is 5.48. The lowest BCUT2D eigenvalue weighted by Crippen LogP contribution is -2.42. The number of benzodiazepines with no additional fused rings is 1. The molecule has 112 valence electrons. The van der Waals surface area contributed by atoms with E-state index in [1.165, 1.54) is 12.1 Å². The van der Waals surface area contributed by atoms with Crippen LogP contribution in [-0.2, 0) is 0 Å². The maximum atomic E-state index is 11.0. The number of non-ortho nitro benzene ring substituents is 1. The normalized spacial score (nSPS) is 17.0. The van der Waals surface area contributed by atoms with Crippen LogP contribution in [0.15, 0.2) is 47.6 Å². The molecule has 1 aliphatic rings. The molecule has 2 aromatic rings. The zero-order chi connectivity index (χ0) is 15.5. The van der Waals surface area contributed by atoms with Crippen molar-refractivity contribution in [2.45, 2.75) is 6.17 Å². The van der Waals surface area contributed by atoms with E-state index in [4.69, 9.17) is 5.84 Å². The van der Waals surface area contributed by atoms with Crippen LogP contribution in [-0.4, -0.2) is 28.3 Å². The van der Waals surface area contributed by atoms with Gasteiger partial charge in [-0.05, 0) is 18.2 Å². The number of hydrazine groups is 1. The van der Waals surface area contributed by atoms with Gasteiger partial charge < -0.3 is 5.32 Å². The molecule has 1 atom stereocenters. The van der Waals surface area contributed by atoms with Gasteiger partial charge in [-0.3, -0.25) is 25.9 Å². The number of anilines is 1. The standard InChI is InChI=1S/C14H14N6O2/c15-19-13-8-17-14(11-3-1-2-6-16-11)10-5-4-9(20(21)22)7-12(10)18-13/h1-7,13,18-19H,8,15H2. The summed E-state index contributed by atoms with van der Waals surface area (Å²) in [5, 5.41) is 14.1. The average Bonchev–Trinajstić information content (AvgIpc) is 2.74. The van der Waals surface area contributed by atoms with Gasteiger partial charge >= 0.3 is 0 Å². The van der Waals surface area contributed by atoms with Crippen LogP contribution in [0.2, 0.25) is 0 Å². The molecule has 1 aromatic heterocycles. The lowest BCUT2D eigenvalue weighted by Gasteiger charge is -2.15. The molecule has 0 fully saturated rings. The van der Waals surface area contributed by atoms with E-state index in [9.17, 15) is 10.1 Å². The number of hydrogen-bond donors (Lipinski definition) is 3. The minimum absolute atomic E-state index is 0.00397. The summed E-state index contributed by atoms with van der Waals surface area (Å²) in [6.45, 7) is 0.380. The number of nitrogens with zero attached hydrogens (tertiary/aromatic N) is 3. The fraction of sp³-hybridized carbons (Fsp3) is 0.143. The van der Waals surface area contributed by atoms with Gasteiger partial charge in [-0.25, -0.2) is 5.43 Å². The van der Waals surface area contributed by atoms with Crippen molar-refractivity contribution in [1.29, 1.82) is 0 Å². The van der Waals surface area contributed by atoms with Gasteiger partial charge in [-0.1, -0.05) is 6.07 Å². The minimum Gasteiger partial charge on any atom is -0.366 e. The fourth-order valence-electron chi connectivity index (χ4n) is 2.29. The Morgan fingerprint density at radius 1 is 1.36 bits per heavy atom. The average molecular weight is 298 g/mol. The second kappa shape index (κ2) is 5.88. The lowest BCUT2D eigenvalue weighted by molar-refractivity contribution is -0.384. The number of aliphatic imine (C=N–C) groups is 1. The molecule has 4 N–H and O–H groups in total. The number of benzene rings is 1. The van der Waals surface area contributed by atoms with E-state index >= 15 is 0 Å². The molecular weight excluding hydrogens is 284 g/mol. The van der Waals surface area contributed by atoms with Crippen molar-refractivity contribution in [2.75, 3.05) is 11.9 Å². The molecule has 8 nitrogen and oxygen atoms in total. The SMILES string of the molecule is NNC1CN=C(c2ccccn2)c2ccc([N+](=O)[O-])cc2N1. The van der Waals surface area contributed by atoms with E-state index in [0.29, 0.717) is 23.6 Å². The molecular formula is C14H14N6O2. The Balaban J connectivity index is 2.13. The summed E-state index contributed by atoms with van der Waals surface area (Å²) < 4.78 is 0. The summed E-state index contributed by atoms with van der Waals surface area (Å²) in [6.07, 6.45) is 1.36. The molecule has 0 radical (unpaired) electrons. The van der Waals surface area contributed by atoms with Crippen molar-refractivity contribution in [3.63, 3.8) is 0 Å². The van der Waals surface area contributed by atoms with Crippen LogP contribution in [0, 0.1) is 10.1 Å². The number of nitrogens with two attached hydrogens (primary N) is 1. The molecule has 1 aliphatic heterocycles. The summed E-state index contributed by atoms with van der Waals surface area (Å²) >= 11 is 0. The van der Waals surface area contributed by atoms with Crippen LogP contribution in [0.25, 0.3) is 0 Å². The highest BCUT2D eigenvalue weighted by molar-refractivity contribution is 6.15. The molecule has 2 heterocycles. The van der Waals surface area contributed by atoms with Crippen LogP contribution in [0.1, 0.15) is 11.3 Å².